The summed E-state index contributed by atoms with van der Waals surface area (Å²) in [6.45, 7) is 2.33. The maximum atomic E-state index is 12.2. The lowest BCUT2D eigenvalue weighted by Gasteiger charge is -2.03. The van der Waals surface area contributed by atoms with Crippen LogP contribution in [0, 0.1) is 12.8 Å². The predicted octanol–water partition coefficient (Wildman–Crippen LogP) is 0.975. The van der Waals surface area contributed by atoms with E-state index in [-0.39, 0.29) is 22.6 Å². The maximum Gasteiger partial charge on any atom is 0.265 e. The SMILES string of the molecule is Cc1oc2ncn(C)c(=O)c2c1C(=O)NCC1CC1. The number of nitrogens with one attached hydrogen (secondary N) is 1. The second-order valence-electron chi connectivity index (χ2n) is 5.03. The fraction of sp³-hybridized carbons (Fsp3) is 0.462. The largest absolute Gasteiger partial charge is 0.442 e. The summed E-state index contributed by atoms with van der Waals surface area (Å²) in [5.74, 6) is 0.760. The molecule has 100 valence electrons. The monoisotopic (exact) mass is 261 g/mol. The Morgan fingerprint density at radius 3 is 3.00 bits per heavy atom. The van der Waals surface area contributed by atoms with Gasteiger partial charge in [0.25, 0.3) is 11.5 Å². The lowest BCUT2D eigenvalue weighted by Crippen LogP contribution is -2.27. The molecule has 2 aromatic heterocycles. The molecular formula is C13H15N3O3. The molecule has 0 aliphatic heterocycles. The minimum absolute atomic E-state index is 0.220. The zero-order valence-corrected chi connectivity index (χ0v) is 10.9. The van der Waals surface area contributed by atoms with E-state index in [2.05, 4.69) is 10.3 Å². The average molecular weight is 261 g/mol. The molecule has 1 saturated carbocycles. The molecule has 6 heteroatoms. The van der Waals surface area contributed by atoms with Crippen molar-refractivity contribution >= 4 is 17.0 Å². The Bertz CT molecular complexity index is 710. The van der Waals surface area contributed by atoms with Crippen molar-refractivity contribution in [2.45, 2.75) is 19.8 Å². The Morgan fingerprint density at radius 1 is 1.58 bits per heavy atom. The van der Waals surface area contributed by atoms with Gasteiger partial charge in [-0.25, -0.2) is 4.98 Å². The number of fused-ring (bicyclic) bond motifs is 1. The van der Waals surface area contributed by atoms with Gasteiger partial charge in [0, 0.05) is 13.6 Å². The minimum atomic E-state index is -0.265. The highest BCUT2D eigenvalue weighted by Crippen LogP contribution is 2.28. The molecule has 1 fully saturated rings. The number of nitrogens with zero attached hydrogens (tertiary/aromatic N) is 2. The third-order valence-corrected chi connectivity index (χ3v) is 3.42. The minimum Gasteiger partial charge on any atom is -0.442 e. The van der Waals surface area contributed by atoms with Crippen molar-refractivity contribution in [2.75, 3.05) is 6.54 Å². The van der Waals surface area contributed by atoms with Gasteiger partial charge in [0.2, 0.25) is 5.71 Å². The van der Waals surface area contributed by atoms with Crippen molar-refractivity contribution in [3.05, 3.63) is 28.0 Å². The summed E-state index contributed by atoms with van der Waals surface area (Å²) >= 11 is 0. The Hall–Kier alpha value is -2.11. The van der Waals surface area contributed by atoms with E-state index in [0.29, 0.717) is 23.8 Å². The van der Waals surface area contributed by atoms with Gasteiger partial charge >= 0.3 is 0 Å². The van der Waals surface area contributed by atoms with E-state index in [1.165, 1.54) is 10.9 Å². The molecule has 0 aromatic carbocycles. The van der Waals surface area contributed by atoms with Gasteiger partial charge in [-0.05, 0) is 25.7 Å². The molecule has 1 aliphatic rings. The first-order chi connectivity index (χ1) is 9.08. The van der Waals surface area contributed by atoms with Crippen LogP contribution in [0.2, 0.25) is 0 Å². The van der Waals surface area contributed by atoms with Crippen LogP contribution in [-0.2, 0) is 7.05 Å². The van der Waals surface area contributed by atoms with Crippen molar-refractivity contribution < 1.29 is 9.21 Å². The van der Waals surface area contributed by atoms with Gasteiger partial charge in [0.15, 0.2) is 0 Å². The molecule has 0 atom stereocenters. The van der Waals surface area contributed by atoms with E-state index >= 15 is 0 Å². The van der Waals surface area contributed by atoms with E-state index in [4.69, 9.17) is 4.42 Å². The Kier molecular flexibility index (Phi) is 2.66. The molecule has 2 heterocycles. The topological polar surface area (TPSA) is 77.1 Å². The number of carbonyl (C=O) groups is 1. The van der Waals surface area contributed by atoms with Gasteiger partial charge in [-0.2, -0.15) is 0 Å². The smallest absolute Gasteiger partial charge is 0.265 e. The number of amides is 1. The molecule has 0 unspecified atom stereocenters. The quantitative estimate of drug-likeness (QED) is 0.893. The number of rotatable bonds is 3. The Labute approximate surface area is 109 Å². The highest BCUT2D eigenvalue weighted by Gasteiger charge is 2.25. The summed E-state index contributed by atoms with van der Waals surface area (Å²) < 4.78 is 6.74. The average Bonchev–Trinajstić information content (AvgIpc) is 3.13. The normalized spacial score (nSPS) is 14.8. The molecule has 2 aromatic rings. The van der Waals surface area contributed by atoms with E-state index in [1.54, 1.807) is 14.0 Å². The Morgan fingerprint density at radius 2 is 2.32 bits per heavy atom. The number of aryl methyl sites for hydroxylation is 2. The van der Waals surface area contributed by atoms with Crippen LogP contribution in [0.3, 0.4) is 0 Å². The summed E-state index contributed by atoms with van der Waals surface area (Å²) in [6.07, 6.45) is 3.71. The van der Waals surface area contributed by atoms with Crippen molar-refractivity contribution in [1.82, 2.24) is 14.9 Å². The summed E-state index contributed by atoms with van der Waals surface area (Å²) in [5, 5.41) is 3.11. The molecule has 0 radical (unpaired) electrons. The van der Waals surface area contributed by atoms with Gasteiger partial charge < -0.3 is 14.3 Å². The van der Waals surface area contributed by atoms with Crippen LogP contribution in [0.4, 0.5) is 0 Å². The predicted molar refractivity (Wildman–Crippen MR) is 69.0 cm³/mol. The van der Waals surface area contributed by atoms with Crippen molar-refractivity contribution in [2.24, 2.45) is 13.0 Å². The van der Waals surface area contributed by atoms with Gasteiger partial charge in [0.05, 0.1) is 5.56 Å². The third kappa shape index (κ3) is 2.03. The van der Waals surface area contributed by atoms with Crippen LogP contribution in [0.25, 0.3) is 11.1 Å². The molecule has 3 rings (SSSR count). The summed E-state index contributed by atoms with van der Waals surface area (Å²) in [4.78, 5) is 28.3. The van der Waals surface area contributed by atoms with Crippen LogP contribution in [0.5, 0.6) is 0 Å². The zero-order valence-electron chi connectivity index (χ0n) is 10.9. The van der Waals surface area contributed by atoms with E-state index in [1.807, 2.05) is 0 Å². The van der Waals surface area contributed by atoms with E-state index < -0.39 is 0 Å². The molecule has 1 N–H and O–H groups in total. The first kappa shape index (κ1) is 12.0. The fourth-order valence-corrected chi connectivity index (χ4v) is 2.11. The fourth-order valence-electron chi connectivity index (χ4n) is 2.11. The molecule has 0 bridgehead atoms. The lowest BCUT2D eigenvalue weighted by atomic mass is 10.1. The Balaban J connectivity index is 2.05. The first-order valence-corrected chi connectivity index (χ1v) is 6.31. The highest BCUT2D eigenvalue weighted by atomic mass is 16.3. The van der Waals surface area contributed by atoms with Gasteiger partial charge in [-0.3, -0.25) is 9.59 Å². The number of hydrogen-bond acceptors (Lipinski definition) is 4. The second kappa shape index (κ2) is 4.22. The van der Waals surface area contributed by atoms with E-state index in [0.717, 1.165) is 12.8 Å². The van der Waals surface area contributed by atoms with Crippen LogP contribution in [-0.4, -0.2) is 22.0 Å². The molecular weight excluding hydrogens is 246 g/mol. The zero-order chi connectivity index (χ0) is 13.6. The van der Waals surface area contributed by atoms with Crippen molar-refractivity contribution in [3.8, 4) is 0 Å². The number of carbonyl (C=O) groups excluding carboxylic acids is 1. The first-order valence-electron chi connectivity index (χ1n) is 6.31. The van der Waals surface area contributed by atoms with E-state index in [9.17, 15) is 9.59 Å². The number of aromatic nitrogens is 2. The van der Waals surface area contributed by atoms with Gasteiger partial charge in [0.1, 0.15) is 17.5 Å². The van der Waals surface area contributed by atoms with Gasteiger partial charge in [-0.15, -0.1) is 0 Å². The van der Waals surface area contributed by atoms with Crippen LogP contribution >= 0.6 is 0 Å². The summed E-state index contributed by atoms with van der Waals surface area (Å²) in [7, 11) is 1.60. The van der Waals surface area contributed by atoms with Crippen molar-refractivity contribution in [3.63, 3.8) is 0 Å². The number of furan rings is 1. The molecule has 6 nitrogen and oxygen atoms in total. The van der Waals surface area contributed by atoms with Crippen molar-refractivity contribution in [1.29, 1.82) is 0 Å². The standard InChI is InChI=1S/C13H15N3O3/c1-7-9(11(17)14-5-8-3-4-8)10-12(19-7)15-6-16(2)13(10)18/h6,8H,3-5H2,1-2H3,(H,14,17). The van der Waals surface area contributed by atoms with Crippen LogP contribution in [0.15, 0.2) is 15.5 Å². The molecule has 0 saturated heterocycles. The second-order valence-corrected chi connectivity index (χ2v) is 5.03. The maximum absolute atomic E-state index is 12.2. The molecule has 1 amide bonds. The van der Waals surface area contributed by atoms with Gasteiger partial charge in [-0.1, -0.05) is 0 Å². The molecule has 19 heavy (non-hydrogen) atoms. The van der Waals surface area contributed by atoms with Crippen LogP contribution < -0.4 is 10.9 Å². The highest BCUT2D eigenvalue weighted by molar-refractivity contribution is 6.06. The number of hydrogen-bond donors (Lipinski definition) is 1. The third-order valence-electron chi connectivity index (χ3n) is 3.42. The summed E-state index contributed by atoms with van der Waals surface area (Å²) in [6, 6.07) is 0. The van der Waals surface area contributed by atoms with Crippen LogP contribution in [0.1, 0.15) is 29.0 Å². The summed E-state index contributed by atoms with van der Waals surface area (Å²) in [5.41, 5.74) is 0.264. The molecule has 1 aliphatic carbocycles. The molecule has 0 spiro atoms. The lowest BCUT2D eigenvalue weighted by molar-refractivity contribution is 0.0951.